The maximum atomic E-state index is 10.9. The molecule has 0 bridgehead atoms. The molecule has 0 aromatic rings. The van der Waals surface area contributed by atoms with Gasteiger partial charge in [-0.05, 0) is 45.3 Å². The van der Waals surface area contributed by atoms with Crippen LogP contribution in [-0.2, 0) is 4.79 Å². The first-order valence-corrected chi connectivity index (χ1v) is 6.50. The highest BCUT2D eigenvalue weighted by molar-refractivity contribution is 9.09. The lowest BCUT2D eigenvalue weighted by Gasteiger charge is -2.13. The number of alkyl halides is 1. The molecule has 4 heteroatoms. The zero-order valence-corrected chi connectivity index (χ0v) is 10.2. The molecule has 1 rings (SSSR count). The number of hydrogen-bond donors (Lipinski definition) is 1. The highest BCUT2D eigenvalue weighted by Gasteiger charge is 2.09. The van der Waals surface area contributed by atoms with Crippen LogP contribution in [0.15, 0.2) is 0 Å². The Morgan fingerprint density at radius 1 is 1.29 bits per heavy atom. The van der Waals surface area contributed by atoms with Crippen LogP contribution in [0.1, 0.15) is 25.7 Å². The topological polar surface area (TPSA) is 32.3 Å². The van der Waals surface area contributed by atoms with E-state index in [4.69, 9.17) is 0 Å². The van der Waals surface area contributed by atoms with Gasteiger partial charge in [0.05, 0.1) is 5.33 Å². The van der Waals surface area contributed by atoms with Gasteiger partial charge >= 0.3 is 0 Å². The Hall–Kier alpha value is -0.0900. The number of nitrogens with zero attached hydrogens (tertiary/aromatic N) is 1. The van der Waals surface area contributed by atoms with Crippen LogP contribution in [0, 0.1) is 0 Å². The van der Waals surface area contributed by atoms with Gasteiger partial charge in [-0.25, -0.2) is 0 Å². The average molecular weight is 263 g/mol. The lowest BCUT2D eigenvalue weighted by molar-refractivity contribution is -0.118. The second-order valence-electron chi connectivity index (χ2n) is 3.74. The van der Waals surface area contributed by atoms with Crippen LogP contribution >= 0.6 is 15.9 Å². The van der Waals surface area contributed by atoms with Gasteiger partial charge in [-0.15, -0.1) is 0 Å². The molecule has 0 aromatic heterocycles. The molecule has 1 aliphatic rings. The van der Waals surface area contributed by atoms with Crippen LogP contribution in [0.4, 0.5) is 0 Å². The first kappa shape index (κ1) is 12.0. The molecule has 0 saturated carbocycles. The quantitative estimate of drug-likeness (QED) is 0.580. The van der Waals surface area contributed by atoms with Gasteiger partial charge in [0.2, 0.25) is 5.91 Å². The largest absolute Gasteiger partial charge is 0.355 e. The van der Waals surface area contributed by atoms with E-state index in [-0.39, 0.29) is 5.91 Å². The van der Waals surface area contributed by atoms with E-state index in [1.54, 1.807) is 0 Å². The number of nitrogens with one attached hydrogen (secondary N) is 1. The van der Waals surface area contributed by atoms with Crippen molar-refractivity contribution >= 4 is 21.8 Å². The summed E-state index contributed by atoms with van der Waals surface area (Å²) in [6, 6.07) is 0. The minimum Gasteiger partial charge on any atom is -0.355 e. The highest BCUT2D eigenvalue weighted by Crippen LogP contribution is 2.07. The molecule has 1 saturated heterocycles. The molecule has 0 radical (unpaired) electrons. The lowest BCUT2D eigenvalue weighted by atomic mass is 10.3. The third-order valence-electron chi connectivity index (χ3n) is 2.54. The minimum absolute atomic E-state index is 0.0890. The second-order valence-corrected chi connectivity index (χ2v) is 4.30. The molecule has 1 aliphatic heterocycles. The van der Waals surface area contributed by atoms with Gasteiger partial charge < -0.3 is 10.2 Å². The van der Waals surface area contributed by atoms with E-state index in [0.717, 1.165) is 13.0 Å². The summed E-state index contributed by atoms with van der Waals surface area (Å²) in [5, 5.41) is 3.27. The fraction of sp³-hybridized carbons (Fsp3) is 0.900. The standard InChI is InChI=1S/C10H19BrN2O/c11-9-10(14)12-5-1-2-6-13-7-3-4-8-13/h1-9H2,(H,12,14). The van der Waals surface area contributed by atoms with E-state index >= 15 is 0 Å². The lowest BCUT2D eigenvalue weighted by Crippen LogP contribution is -2.26. The molecule has 0 spiro atoms. The maximum absolute atomic E-state index is 10.9. The van der Waals surface area contributed by atoms with Crippen molar-refractivity contribution in [1.29, 1.82) is 0 Å². The summed E-state index contributed by atoms with van der Waals surface area (Å²) in [7, 11) is 0. The number of carbonyl (C=O) groups is 1. The van der Waals surface area contributed by atoms with Gasteiger partial charge in [0, 0.05) is 6.54 Å². The smallest absolute Gasteiger partial charge is 0.230 e. The van der Waals surface area contributed by atoms with Crippen molar-refractivity contribution in [2.24, 2.45) is 0 Å². The van der Waals surface area contributed by atoms with Gasteiger partial charge in [-0.3, -0.25) is 4.79 Å². The molecule has 0 aliphatic carbocycles. The molecule has 14 heavy (non-hydrogen) atoms. The first-order valence-electron chi connectivity index (χ1n) is 5.38. The van der Waals surface area contributed by atoms with E-state index in [9.17, 15) is 4.79 Å². The Labute approximate surface area is 94.4 Å². The number of carbonyl (C=O) groups excluding carboxylic acids is 1. The summed E-state index contributed by atoms with van der Waals surface area (Å²) in [6.07, 6.45) is 5.01. The normalized spacial score (nSPS) is 17.2. The summed E-state index contributed by atoms with van der Waals surface area (Å²) in [4.78, 5) is 13.4. The summed E-state index contributed by atoms with van der Waals surface area (Å²) in [5.74, 6) is 0.0890. The van der Waals surface area contributed by atoms with Crippen LogP contribution in [0.25, 0.3) is 0 Å². The zero-order valence-electron chi connectivity index (χ0n) is 8.60. The molecule has 82 valence electrons. The Bertz CT molecular complexity index is 170. The monoisotopic (exact) mass is 262 g/mol. The van der Waals surface area contributed by atoms with Crippen molar-refractivity contribution < 1.29 is 4.79 Å². The minimum atomic E-state index is 0.0890. The fourth-order valence-electron chi connectivity index (χ4n) is 1.74. The van der Waals surface area contributed by atoms with E-state index in [2.05, 4.69) is 26.1 Å². The van der Waals surface area contributed by atoms with Gasteiger partial charge in [0.1, 0.15) is 0 Å². The predicted molar refractivity (Wildman–Crippen MR) is 61.7 cm³/mol. The summed E-state index contributed by atoms with van der Waals surface area (Å²) < 4.78 is 0. The van der Waals surface area contributed by atoms with Gasteiger partial charge in [0.25, 0.3) is 0 Å². The van der Waals surface area contributed by atoms with Crippen molar-refractivity contribution in [1.82, 2.24) is 10.2 Å². The van der Waals surface area contributed by atoms with Crippen molar-refractivity contribution in [3.05, 3.63) is 0 Å². The molecule has 1 N–H and O–H groups in total. The number of unbranched alkanes of at least 4 members (excludes halogenated alkanes) is 1. The highest BCUT2D eigenvalue weighted by atomic mass is 79.9. The van der Waals surface area contributed by atoms with Gasteiger partial charge in [-0.1, -0.05) is 15.9 Å². The first-order chi connectivity index (χ1) is 6.83. The molecule has 3 nitrogen and oxygen atoms in total. The summed E-state index contributed by atoms with van der Waals surface area (Å²) in [5.41, 5.74) is 0. The summed E-state index contributed by atoms with van der Waals surface area (Å²) >= 11 is 3.12. The molecular formula is C10H19BrN2O. The van der Waals surface area contributed by atoms with Crippen molar-refractivity contribution in [3.63, 3.8) is 0 Å². The zero-order chi connectivity index (χ0) is 10.2. The molecule has 1 heterocycles. The fourth-order valence-corrected chi connectivity index (χ4v) is 1.94. The third-order valence-corrected chi connectivity index (χ3v) is 3.05. The maximum Gasteiger partial charge on any atom is 0.230 e. The molecule has 0 unspecified atom stereocenters. The predicted octanol–water partition coefficient (Wildman–Crippen LogP) is 1.37. The van der Waals surface area contributed by atoms with Crippen LogP contribution < -0.4 is 5.32 Å². The van der Waals surface area contributed by atoms with Crippen LogP contribution in [0.3, 0.4) is 0 Å². The number of rotatable bonds is 6. The molecular weight excluding hydrogens is 244 g/mol. The third kappa shape index (κ3) is 4.96. The van der Waals surface area contributed by atoms with E-state index in [1.807, 2.05) is 0 Å². The number of amides is 1. The van der Waals surface area contributed by atoms with Gasteiger partial charge in [0.15, 0.2) is 0 Å². The van der Waals surface area contributed by atoms with Crippen LogP contribution in [0.5, 0.6) is 0 Å². The molecule has 1 fully saturated rings. The Morgan fingerprint density at radius 3 is 2.64 bits per heavy atom. The van der Waals surface area contributed by atoms with Crippen molar-refractivity contribution in [2.75, 3.05) is 31.5 Å². The Morgan fingerprint density at radius 2 is 2.00 bits per heavy atom. The van der Waals surface area contributed by atoms with E-state index < -0.39 is 0 Å². The molecule has 1 amide bonds. The average Bonchev–Trinajstić information content (AvgIpc) is 2.69. The second kappa shape index (κ2) is 7.23. The van der Waals surface area contributed by atoms with Crippen molar-refractivity contribution in [2.45, 2.75) is 25.7 Å². The van der Waals surface area contributed by atoms with Crippen LogP contribution in [0.2, 0.25) is 0 Å². The molecule has 0 atom stereocenters. The Balaban J connectivity index is 1.86. The van der Waals surface area contributed by atoms with Crippen molar-refractivity contribution in [3.8, 4) is 0 Å². The van der Waals surface area contributed by atoms with E-state index in [1.165, 1.54) is 38.9 Å². The SMILES string of the molecule is O=C(CBr)NCCCCN1CCCC1. The summed E-state index contributed by atoms with van der Waals surface area (Å²) in [6.45, 7) is 4.56. The number of likely N-dealkylation sites (tertiary alicyclic amines) is 1. The van der Waals surface area contributed by atoms with Gasteiger partial charge in [-0.2, -0.15) is 0 Å². The van der Waals surface area contributed by atoms with Crippen LogP contribution in [-0.4, -0.2) is 42.3 Å². The number of halogens is 1. The molecule has 0 aromatic carbocycles. The Kier molecular flexibility index (Phi) is 6.19. The van der Waals surface area contributed by atoms with E-state index in [0.29, 0.717) is 5.33 Å². The number of hydrogen-bond acceptors (Lipinski definition) is 2.